The third kappa shape index (κ3) is 11.7. The maximum absolute atomic E-state index is 10.3. The van der Waals surface area contributed by atoms with Gasteiger partial charge in [0.05, 0.1) is 12.8 Å². The van der Waals surface area contributed by atoms with Crippen molar-refractivity contribution in [2.45, 2.75) is 18.4 Å². The largest absolute Gasteiger partial charge is 0.481 e. The summed E-state index contributed by atoms with van der Waals surface area (Å²) in [6.45, 7) is 0. The average molecular weight is 269 g/mol. The minimum Gasteiger partial charge on any atom is -0.481 e. The Kier molecular flexibility index (Phi) is 10.1. The molecule has 0 bridgehead atoms. The van der Waals surface area contributed by atoms with Gasteiger partial charge in [-0.05, 0) is 0 Å². The van der Waals surface area contributed by atoms with Crippen molar-refractivity contribution < 1.29 is 39.6 Å². The molecule has 0 saturated carbocycles. The first-order valence-electron chi connectivity index (χ1n) is 3.95. The Bertz CT molecular complexity index is 309. The number of carboxylic acid groups (broad SMARTS) is 3. The van der Waals surface area contributed by atoms with Crippen molar-refractivity contribution in [2.75, 3.05) is 0 Å². The van der Waals surface area contributed by atoms with Crippen molar-refractivity contribution in [3.8, 4) is 0 Å². The van der Waals surface area contributed by atoms with Crippen LogP contribution in [-0.2, 0) is 14.4 Å². The van der Waals surface area contributed by atoms with Gasteiger partial charge in [0.2, 0.25) is 0 Å². The van der Waals surface area contributed by atoms with Crippen molar-refractivity contribution in [1.29, 1.82) is 0 Å². The monoisotopic (exact) mass is 269 g/mol. The molecule has 11 nitrogen and oxygen atoms in total. The summed E-state index contributed by atoms with van der Waals surface area (Å²) in [5.74, 6) is -5.02. The molecule has 0 aliphatic heterocycles. The number of aliphatic carboxylic acids is 3. The van der Waals surface area contributed by atoms with Gasteiger partial charge in [-0.15, -0.1) is 0 Å². The minimum absolute atomic E-state index is 0. The maximum atomic E-state index is 10.3. The van der Waals surface area contributed by atoms with Crippen molar-refractivity contribution in [2.24, 2.45) is 11.5 Å². The lowest BCUT2D eigenvalue weighted by molar-refractivity contribution is -0.170. The standard InChI is InChI=1S/C6H8O7.CH4N2O.H3N/c7-3(8)1-6(13,5(11)12)2-4(9)10;2-1(3)4;/h13H,1-2H2,(H,7,8)(H,9,10)(H,11,12);(H4,2,3,4);1H3. The van der Waals surface area contributed by atoms with E-state index < -0.39 is 42.4 Å². The number of carbonyl (C=O) groups is 4. The maximum Gasteiger partial charge on any atom is 0.336 e. The molecular weight excluding hydrogens is 254 g/mol. The predicted molar refractivity (Wildman–Crippen MR) is 55.9 cm³/mol. The molecule has 11 N–H and O–H groups in total. The number of hydrogen-bond acceptors (Lipinski definition) is 6. The number of carboxylic acids is 3. The van der Waals surface area contributed by atoms with Crippen molar-refractivity contribution in [3.05, 3.63) is 0 Å². The van der Waals surface area contributed by atoms with Crippen LogP contribution in [0.1, 0.15) is 12.8 Å². The first-order chi connectivity index (χ1) is 7.51. The molecule has 0 rings (SSSR count). The van der Waals surface area contributed by atoms with Gasteiger partial charge in [-0.3, -0.25) is 9.59 Å². The number of primary amides is 2. The molecule has 0 unspecified atom stereocenters. The number of rotatable bonds is 5. The highest BCUT2D eigenvalue weighted by Gasteiger charge is 2.40. The van der Waals surface area contributed by atoms with E-state index in [0.717, 1.165) is 0 Å². The Morgan fingerprint density at radius 2 is 1.11 bits per heavy atom. The summed E-state index contributed by atoms with van der Waals surface area (Å²) in [5.41, 5.74) is 5.76. The Morgan fingerprint density at radius 1 is 0.889 bits per heavy atom. The van der Waals surface area contributed by atoms with Crippen molar-refractivity contribution in [3.63, 3.8) is 0 Å². The summed E-state index contributed by atoms with van der Waals surface area (Å²) in [7, 11) is 0. The zero-order chi connectivity index (χ0) is 14.2. The van der Waals surface area contributed by atoms with E-state index in [1.165, 1.54) is 0 Å². The van der Waals surface area contributed by atoms with Crippen LogP contribution in [0.5, 0.6) is 0 Å². The summed E-state index contributed by atoms with van der Waals surface area (Å²) < 4.78 is 0. The molecule has 0 aromatic heterocycles. The number of aliphatic hydroxyl groups is 1. The van der Waals surface area contributed by atoms with Crippen LogP contribution in [0.3, 0.4) is 0 Å². The Labute approximate surface area is 101 Å². The van der Waals surface area contributed by atoms with Gasteiger partial charge in [-0.2, -0.15) is 0 Å². The van der Waals surface area contributed by atoms with E-state index in [9.17, 15) is 14.4 Å². The van der Waals surface area contributed by atoms with E-state index in [1.54, 1.807) is 0 Å². The fourth-order valence-electron chi connectivity index (χ4n) is 0.714. The molecule has 0 saturated heterocycles. The first-order valence-corrected chi connectivity index (χ1v) is 3.95. The molecule has 0 aliphatic rings. The minimum atomic E-state index is -2.74. The highest BCUT2D eigenvalue weighted by molar-refractivity contribution is 5.88. The molecule has 0 spiro atoms. The van der Waals surface area contributed by atoms with Gasteiger partial charge < -0.3 is 38.0 Å². The third-order valence-corrected chi connectivity index (χ3v) is 1.29. The molecule has 0 atom stereocenters. The Balaban J connectivity index is -0.000000392. The molecule has 11 heteroatoms. The quantitative estimate of drug-likeness (QED) is 0.289. The van der Waals surface area contributed by atoms with Crippen molar-refractivity contribution in [1.82, 2.24) is 6.15 Å². The van der Waals surface area contributed by atoms with Crippen LogP contribution < -0.4 is 17.6 Å². The van der Waals surface area contributed by atoms with Gasteiger partial charge in [0.25, 0.3) is 0 Å². The third-order valence-electron chi connectivity index (χ3n) is 1.29. The molecule has 106 valence electrons. The fraction of sp³-hybridized carbons (Fsp3) is 0.429. The van der Waals surface area contributed by atoms with Crippen molar-refractivity contribution >= 4 is 23.9 Å². The van der Waals surface area contributed by atoms with Gasteiger partial charge >= 0.3 is 23.9 Å². The molecule has 0 aliphatic carbocycles. The normalized spacial score (nSPS) is 9.17. The van der Waals surface area contributed by atoms with Crippen LogP contribution in [0.25, 0.3) is 0 Å². The second-order valence-corrected chi connectivity index (χ2v) is 2.88. The van der Waals surface area contributed by atoms with E-state index >= 15 is 0 Å². The van der Waals surface area contributed by atoms with Crippen LogP contribution in [0.4, 0.5) is 4.79 Å². The second kappa shape index (κ2) is 8.72. The lowest BCUT2D eigenvalue weighted by Crippen LogP contribution is -2.42. The summed E-state index contributed by atoms with van der Waals surface area (Å²) >= 11 is 0. The lowest BCUT2D eigenvalue weighted by Gasteiger charge is -2.18. The molecular formula is C7H15N3O8. The highest BCUT2D eigenvalue weighted by Crippen LogP contribution is 2.15. The summed E-state index contributed by atoms with van der Waals surface area (Å²) in [6, 6.07) is -0.833. The molecule has 2 amide bonds. The molecule has 0 radical (unpaired) electrons. The predicted octanol–water partition coefficient (Wildman–Crippen LogP) is -2.06. The number of nitrogens with two attached hydrogens (primary N) is 2. The first kappa shape index (κ1) is 20.9. The van der Waals surface area contributed by atoms with Gasteiger partial charge in [0.15, 0.2) is 5.60 Å². The molecule has 0 heterocycles. The van der Waals surface area contributed by atoms with Crippen LogP contribution in [0.2, 0.25) is 0 Å². The average Bonchev–Trinajstić information content (AvgIpc) is 1.98. The smallest absolute Gasteiger partial charge is 0.336 e. The van der Waals surface area contributed by atoms with E-state index in [0.29, 0.717) is 0 Å². The zero-order valence-corrected chi connectivity index (χ0v) is 9.20. The van der Waals surface area contributed by atoms with Crippen LogP contribution in [-0.4, -0.2) is 50.0 Å². The van der Waals surface area contributed by atoms with E-state index in [2.05, 4.69) is 11.5 Å². The van der Waals surface area contributed by atoms with Gasteiger partial charge in [0.1, 0.15) is 0 Å². The van der Waals surface area contributed by atoms with Crippen LogP contribution >= 0.6 is 0 Å². The van der Waals surface area contributed by atoms with Gasteiger partial charge in [-0.1, -0.05) is 0 Å². The highest BCUT2D eigenvalue weighted by atomic mass is 16.4. The number of carbonyl (C=O) groups excluding carboxylic acids is 1. The van der Waals surface area contributed by atoms with Gasteiger partial charge in [0, 0.05) is 0 Å². The Morgan fingerprint density at radius 3 is 1.22 bits per heavy atom. The number of amides is 2. The molecule has 0 fully saturated rings. The van der Waals surface area contributed by atoms with E-state index in [-0.39, 0.29) is 6.15 Å². The fourth-order valence-corrected chi connectivity index (χ4v) is 0.714. The summed E-state index contributed by atoms with van der Waals surface area (Å²) in [5, 5.41) is 33.8. The van der Waals surface area contributed by atoms with E-state index in [4.69, 9.17) is 25.2 Å². The number of hydrogen-bond donors (Lipinski definition) is 7. The molecule has 0 aromatic rings. The van der Waals surface area contributed by atoms with Crippen LogP contribution in [0, 0.1) is 0 Å². The summed E-state index contributed by atoms with van der Waals surface area (Å²) in [6.07, 6.45) is -2.29. The summed E-state index contributed by atoms with van der Waals surface area (Å²) in [4.78, 5) is 39.5. The zero-order valence-electron chi connectivity index (χ0n) is 9.20. The van der Waals surface area contributed by atoms with Crippen LogP contribution in [0.15, 0.2) is 0 Å². The second-order valence-electron chi connectivity index (χ2n) is 2.88. The number of urea groups is 1. The van der Waals surface area contributed by atoms with E-state index in [1.807, 2.05) is 0 Å². The topological polar surface area (TPSA) is 236 Å². The van der Waals surface area contributed by atoms with Gasteiger partial charge in [-0.25, -0.2) is 9.59 Å². The SMILES string of the molecule is N.NC(N)=O.O=C(O)CC(O)(CC(=O)O)C(=O)O. The molecule has 18 heavy (non-hydrogen) atoms. The Hall–Kier alpha value is -2.40. The molecule has 0 aromatic carbocycles. The lowest BCUT2D eigenvalue weighted by atomic mass is 9.96.